The molecule has 0 saturated heterocycles. The molecule has 1 aliphatic carbocycles. The van der Waals surface area contributed by atoms with E-state index < -0.39 is 0 Å². The van der Waals surface area contributed by atoms with Gasteiger partial charge in [0, 0.05) is 11.3 Å². The number of ether oxygens (including phenoxy) is 1. The summed E-state index contributed by atoms with van der Waals surface area (Å²) < 4.78 is 5.41. The molecule has 0 amide bonds. The molecule has 0 aromatic carbocycles. The maximum Gasteiger partial charge on any atom is 0.239 e. The fraction of sp³-hybridized carbons (Fsp3) is 0.615. The number of rotatable bonds is 5. The average Bonchev–Trinajstić information content (AvgIpc) is 2.81. The Morgan fingerprint density at radius 3 is 3.06 bits per heavy atom. The van der Waals surface area contributed by atoms with Gasteiger partial charge in [-0.25, -0.2) is 0 Å². The lowest BCUT2D eigenvalue weighted by molar-refractivity contribution is 0.329. The van der Waals surface area contributed by atoms with Gasteiger partial charge in [-0.15, -0.1) is 0 Å². The first kappa shape index (κ1) is 13.3. The normalized spacial score (nSPS) is 23.0. The molecule has 0 spiro atoms. The van der Waals surface area contributed by atoms with Crippen LogP contribution >= 0.6 is 11.8 Å². The van der Waals surface area contributed by atoms with Crippen molar-refractivity contribution in [3.63, 3.8) is 0 Å². The van der Waals surface area contributed by atoms with Gasteiger partial charge in [0.1, 0.15) is 5.82 Å². The lowest BCUT2D eigenvalue weighted by Gasteiger charge is -2.20. The second-order valence-electron chi connectivity index (χ2n) is 4.48. The van der Waals surface area contributed by atoms with E-state index in [9.17, 15) is 0 Å². The Balaban J connectivity index is 2.07. The molecule has 1 aliphatic rings. The molecule has 2 rings (SSSR count). The van der Waals surface area contributed by atoms with Crippen molar-refractivity contribution in [3.05, 3.63) is 12.1 Å². The second-order valence-corrected chi connectivity index (χ2v) is 5.56. The van der Waals surface area contributed by atoms with Gasteiger partial charge < -0.3 is 15.8 Å². The summed E-state index contributed by atoms with van der Waals surface area (Å²) >= 11 is 1.93. The van der Waals surface area contributed by atoms with E-state index in [1.54, 1.807) is 0 Å². The van der Waals surface area contributed by atoms with Crippen LogP contribution in [0.2, 0.25) is 0 Å². The summed E-state index contributed by atoms with van der Waals surface area (Å²) in [5.41, 5.74) is 6.41. The number of pyridine rings is 1. The number of nitrogens with two attached hydrogens (primary N) is 1. The van der Waals surface area contributed by atoms with Crippen molar-refractivity contribution in [3.8, 4) is 5.88 Å². The molecule has 0 bridgehead atoms. The molecule has 1 aromatic rings. The van der Waals surface area contributed by atoms with E-state index in [1.807, 2.05) is 30.8 Å². The van der Waals surface area contributed by atoms with Crippen LogP contribution in [0.5, 0.6) is 5.88 Å². The van der Waals surface area contributed by atoms with Gasteiger partial charge in [-0.05, 0) is 38.2 Å². The van der Waals surface area contributed by atoms with Crippen LogP contribution in [-0.2, 0) is 0 Å². The molecule has 0 aliphatic heterocycles. The first-order valence-electron chi connectivity index (χ1n) is 6.43. The molecule has 0 radical (unpaired) electrons. The highest BCUT2D eigenvalue weighted by Crippen LogP contribution is 2.31. The van der Waals surface area contributed by atoms with E-state index in [1.165, 1.54) is 19.3 Å². The standard InChI is InChI=1S/C13H21N3OS/c1-3-17-13-9(14)7-8-12(16-13)15-10-5-4-6-11(10)18-2/h7-8,10-11H,3-6,14H2,1-2H3,(H,15,16). The average molecular weight is 267 g/mol. The minimum Gasteiger partial charge on any atom is -0.476 e. The van der Waals surface area contributed by atoms with Crippen molar-refractivity contribution in [1.82, 2.24) is 4.98 Å². The highest BCUT2D eigenvalue weighted by atomic mass is 32.2. The van der Waals surface area contributed by atoms with Crippen LogP contribution in [0, 0.1) is 0 Å². The molecule has 100 valence electrons. The van der Waals surface area contributed by atoms with Gasteiger partial charge in [0.25, 0.3) is 0 Å². The number of aromatic nitrogens is 1. The number of thioether (sulfide) groups is 1. The largest absolute Gasteiger partial charge is 0.476 e. The number of nitrogens with zero attached hydrogens (tertiary/aromatic N) is 1. The van der Waals surface area contributed by atoms with Gasteiger partial charge in [0.2, 0.25) is 5.88 Å². The van der Waals surface area contributed by atoms with Crippen molar-refractivity contribution < 1.29 is 4.74 Å². The van der Waals surface area contributed by atoms with Crippen LogP contribution in [0.4, 0.5) is 11.5 Å². The van der Waals surface area contributed by atoms with E-state index in [-0.39, 0.29) is 0 Å². The quantitative estimate of drug-likeness (QED) is 0.859. The predicted octanol–water partition coefficient (Wildman–Crippen LogP) is 2.76. The van der Waals surface area contributed by atoms with E-state index in [0.717, 1.165) is 5.82 Å². The minimum atomic E-state index is 0.505. The summed E-state index contributed by atoms with van der Waals surface area (Å²) in [4.78, 5) is 4.43. The molecule has 2 unspecified atom stereocenters. The Morgan fingerprint density at radius 2 is 2.33 bits per heavy atom. The zero-order valence-corrected chi connectivity index (χ0v) is 11.8. The van der Waals surface area contributed by atoms with Gasteiger partial charge in [-0.3, -0.25) is 0 Å². The maximum absolute atomic E-state index is 5.82. The molecule has 5 heteroatoms. The van der Waals surface area contributed by atoms with E-state index >= 15 is 0 Å². The minimum absolute atomic E-state index is 0.505. The van der Waals surface area contributed by atoms with Crippen LogP contribution in [0.1, 0.15) is 26.2 Å². The van der Waals surface area contributed by atoms with Crippen LogP contribution in [0.3, 0.4) is 0 Å². The van der Waals surface area contributed by atoms with E-state index in [0.29, 0.717) is 29.5 Å². The molecular formula is C13H21N3OS. The smallest absolute Gasteiger partial charge is 0.239 e. The zero-order chi connectivity index (χ0) is 13.0. The summed E-state index contributed by atoms with van der Waals surface area (Å²) in [6, 6.07) is 4.28. The van der Waals surface area contributed by atoms with E-state index in [4.69, 9.17) is 10.5 Å². The Morgan fingerprint density at radius 1 is 1.50 bits per heavy atom. The predicted molar refractivity (Wildman–Crippen MR) is 78.4 cm³/mol. The molecule has 1 aromatic heterocycles. The van der Waals surface area contributed by atoms with Crippen molar-refractivity contribution in [1.29, 1.82) is 0 Å². The highest BCUT2D eigenvalue weighted by molar-refractivity contribution is 7.99. The van der Waals surface area contributed by atoms with Crippen LogP contribution in [0.25, 0.3) is 0 Å². The van der Waals surface area contributed by atoms with Crippen LogP contribution < -0.4 is 15.8 Å². The summed E-state index contributed by atoms with van der Waals surface area (Å²) in [5, 5.41) is 4.18. The molecule has 1 fully saturated rings. The van der Waals surface area contributed by atoms with Gasteiger partial charge in [-0.2, -0.15) is 16.7 Å². The third-order valence-electron chi connectivity index (χ3n) is 3.26. The molecule has 2 atom stereocenters. The highest BCUT2D eigenvalue weighted by Gasteiger charge is 2.26. The lowest BCUT2D eigenvalue weighted by atomic mass is 10.2. The number of anilines is 2. The molecule has 1 heterocycles. The zero-order valence-electron chi connectivity index (χ0n) is 11.0. The van der Waals surface area contributed by atoms with Crippen LogP contribution in [-0.4, -0.2) is 29.1 Å². The third-order valence-corrected chi connectivity index (χ3v) is 4.43. The summed E-state index contributed by atoms with van der Waals surface area (Å²) in [6.45, 7) is 2.51. The molecule has 18 heavy (non-hydrogen) atoms. The SMILES string of the molecule is CCOc1nc(NC2CCCC2SC)ccc1N. The number of hydrogen-bond donors (Lipinski definition) is 2. The van der Waals surface area contributed by atoms with Gasteiger partial charge in [0.15, 0.2) is 0 Å². The summed E-state index contributed by atoms with van der Waals surface area (Å²) in [5.74, 6) is 1.39. The molecule has 4 nitrogen and oxygen atoms in total. The number of nitrogen functional groups attached to an aromatic ring is 1. The van der Waals surface area contributed by atoms with E-state index in [2.05, 4.69) is 16.6 Å². The second kappa shape index (κ2) is 6.18. The Labute approximate surface area is 113 Å². The first-order valence-corrected chi connectivity index (χ1v) is 7.72. The van der Waals surface area contributed by atoms with Crippen molar-refractivity contribution in [2.45, 2.75) is 37.5 Å². The Bertz CT molecular complexity index is 400. The van der Waals surface area contributed by atoms with Crippen LogP contribution in [0.15, 0.2) is 12.1 Å². The fourth-order valence-corrected chi connectivity index (χ4v) is 3.28. The molecule has 3 N–H and O–H groups in total. The Hall–Kier alpha value is -1.10. The van der Waals surface area contributed by atoms with Gasteiger partial charge >= 0.3 is 0 Å². The molecule has 1 saturated carbocycles. The third kappa shape index (κ3) is 3.02. The Kier molecular flexibility index (Phi) is 4.58. The lowest BCUT2D eigenvalue weighted by Crippen LogP contribution is -2.26. The fourth-order valence-electron chi connectivity index (χ4n) is 2.35. The van der Waals surface area contributed by atoms with Gasteiger partial charge in [-0.1, -0.05) is 6.42 Å². The maximum atomic E-state index is 5.82. The summed E-state index contributed by atoms with van der Waals surface area (Å²) in [7, 11) is 0. The summed E-state index contributed by atoms with van der Waals surface area (Å²) in [6.07, 6.45) is 5.96. The number of nitrogens with one attached hydrogen (secondary N) is 1. The van der Waals surface area contributed by atoms with Crippen molar-refractivity contribution >= 4 is 23.3 Å². The topological polar surface area (TPSA) is 60.2 Å². The first-order chi connectivity index (χ1) is 8.74. The monoisotopic (exact) mass is 267 g/mol. The van der Waals surface area contributed by atoms with Gasteiger partial charge in [0.05, 0.1) is 12.3 Å². The number of hydrogen-bond acceptors (Lipinski definition) is 5. The van der Waals surface area contributed by atoms with Crippen molar-refractivity contribution in [2.24, 2.45) is 0 Å². The van der Waals surface area contributed by atoms with Crippen molar-refractivity contribution in [2.75, 3.05) is 23.9 Å². The molecular weight excluding hydrogens is 246 g/mol.